The van der Waals surface area contributed by atoms with E-state index in [-0.39, 0.29) is 0 Å². The van der Waals surface area contributed by atoms with Crippen LogP contribution in [-0.2, 0) is 12.2 Å². The minimum absolute atomic E-state index is 0.371. The molecular formula is C16H28N2S2. The van der Waals surface area contributed by atoms with Gasteiger partial charge in [-0.05, 0) is 36.5 Å². The monoisotopic (exact) mass is 312 g/mol. The third-order valence-corrected chi connectivity index (χ3v) is 6.39. The fourth-order valence-corrected chi connectivity index (χ4v) is 5.11. The van der Waals surface area contributed by atoms with Gasteiger partial charge < -0.3 is 5.32 Å². The number of aromatic nitrogens is 1. The van der Waals surface area contributed by atoms with E-state index in [1.165, 1.54) is 27.8 Å². The van der Waals surface area contributed by atoms with Crippen molar-refractivity contribution in [3.63, 3.8) is 0 Å². The topological polar surface area (TPSA) is 24.9 Å². The molecule has 1 aromatic rings. The molecule has 0 aliphatic heterocycles. The molecule has 0 bridgehead atoms. The number of thiazole rings is 1. The summed E-state index contributed by atoms with van der Waals surface area (Å²) < 4.78 is 0. The molecule has 0 radical (unpaired) electrons. The molecule has 2 nitrogen and oxygen atoms in total. The van der Waals surface area contributed by atoms with E-state index in [0.29, 0.717) is 11.5 Å². The smallest absolute Gasteiger partial charge is 0.103 e. The van der Waals surface area contributed by atoms with Crippen molar-refractivity contribution >= 4 is 23.1 Å². The van der Waals surface area contributed by atoms with Gasteiger partial charge in [0.1, 0.15) is 5.01 Å². The minimum Gasteiger partial charge on any atom is -0.309 e. The lowest BCUT2D eigenvalue weighted by atomic mass is 9.76. The highest BCUT2D eigenvalue weighted by Crippen LogP contribution is 2.43. The lowest BCUT2D eigenvalue weighted by Crippen LogP contribution is -2.32. The maximum atomic E-state index is 4.93. The van der Waals surface area contributed by atoms with Gasteiger partial charge in [0.05, 0.1) is 5.69 Å². The molecular weight excluding hydrogens is 284 g/mol. The number of thioether (sulfide) groups is 1. The van der Waals surface area contributed by atoms with Crippen LogP contribution < -0.4 is 5.32 Å². The maximum Gasteiger partial charge on any atom is 0.103 e. The van der Waals surface area contributed by atoms with E-state index in [1.54, 1.807) is 0 Å². The molecule has 0 saturated heterocycles. The number of nitrogens with zero attached hydrogens (tertiary/aromatic N) is 1. The van der Waals surface area contributed by atoms with Crippen LogP contribution in [0.2, 0.25) is 0 Å². The third kappa shape index (κ3) is 4.22. The van der Waals surface area contributed by atoms with Crippen LogP contribution in [-0.4, -0.2) is 17.3 Å². The summed E-state index contributed by atoms with van der Waals surface area (Å²) in [7, 11) is 0. The summed E-state index contributed by atoms with van der Waals surface area (Å²) in [6, 6.07) is 0.514. The van der Waals surface area contributed by atoms with Crippen LogP contribution in [0.15, 0.2) is 0 Å². The predicted molar refractivity (Wildman–Crippen MR) is 91.6 cm³/mol. The van der Waals surface area contributed by atoms with Gasteiger partial charge >= 0.3 is 0 Å². The Morgan fingerprint density at radius 1 is 1.45 bits per heavy atom. The molecule has 0 amide bonds. The molecule has 0 spiro atoms. The van der Waals surface area contributed by atoms with Crippen molar-refractivity contribution in [3.8, 4) is 0 Å². The number of rotatable bonds is 6. The SMILES string of the molecule is CCNC1CC(C)(C)Cc2nc(CSCC(C)C)sc21. The van der Waals surface area contributed by atoms with Crippen molar-refractivity contribution in [2.45, 2.75) is 59.3 Å². The van der Waals surface area contributed by atoms with Crippen LogP contribution in [0.3, 0.4) is 0 Å². The number of nitrogens with one attached hydrogen (secondary N) is 1. The molecule has 1 atom stereocenters. The molecule has 1 unspecified atom stereocenters. The first-order valence-corrected chi connectivity index (χ1v) is 9.68. The molecule has 4 heteroatoms. The Balaban J connectivity index is 2.09. The normalized spacial score (nSPS) is 21.2. The van der Waals surface area contributed by atoms with E-state index in [2.05, 4.69) is 39.9 Å². The van der Waals surface area contributed by atoms with E-state index in [1.807, 2.05) is 23.1 Å². The highest BCUT2D eigenvalue weighted by molar-refractivity contribution is 7.98. The van der Waals surface area contributed by atoms with Crippen LogP contribution in [0, 0.1) is 11.3 Å². The van der Waals surface area contributed by atoms with Crippen LogP contribution in [0.25, 0.3) is 0 Å². The second-order valence-electron chi connectivity index (χ2n) is 6.98. The predicted octanol–water partition coefficient (Wildman–Crippen LogP) is 4.66. The van der Waals surface area contributed by atoms with Gasteiger partial charge in [-0.15, -0.1) is 11.3 Å². The molecule has 0 aromatic carbocycles. The second kappa shape index (κ2) is 6.80. The molecule has 1 aromatic heterocycles. The third-order valence-electron chi connectivity index (χ3n) is 3.62. The Labute approximate surface area is 132 Å². The van der Waals surface area contributed by atoms with Gasteiger partial charge in [0.2, 0.25) is 0 Å². The van der Waals surface area contributed by atoms with Crippen molar-refractivity contribution in [3.05, 3.63) is 15.6 Å². The fourth-order valence-electron chi connectivity index (χ4n) is 2.84. The maximum absolute atomic E-state index is 4.93. The Morgan fingerprint density at radius 3 is 2.85 bits per heavy atom. The van der Waals surface area contributed by atoms with E-state index < -0.39 is 0 Å². The van der Waals surface area contributed by atoms with Crippen LogP contribution in [0.5, 0.6) is 0 Å². The zero-order chi connectivity index (χ0) is 14.8. The van der Waals surface area contributed by atoms with E-state index >= 15 is 0 Å². The summed E-state index contributed by atoms with van der Waals surface area (Å²) in [6.45, 7) is 12.5. The van der Waals surface area contributed by atoms with Crippen LogP contribution in [0.4, 0.5) is 0 Å². The van der Waals surface area contributed by atoms with Crippen LogP contribution in [0.1, 0.15) is 62.7 Å². The molecule has 20 heavy (non-hydrogen) atoms. The van der Waals surface area contributed by atoms with Gasteiger partial charge in [0.15, 0.2) is 0 Å². The lowest BCUT2D eigenvalue weighted by molar-refractivity contribution is 0.260. The van der Waals surface area contributed by atoms with Gasteiger partial charge in [0.25, 0.3) is 0 Å². The first kappa shape index (κ1) is 16.3. The Hall–Kier alpha value is -0.0600. The minimum atomic E-state index is 0.371. The summed E-state index contributed by atoms with van der Waals surface area (Å²) in [6.07, 6.45) is 2.37. The van der Waals surface area contributed by atoms with Crippen LogP contribution >= 0.6 is 23.1 Å². The van der Waals surface area contributed by atoms with E-state index in [4.69, 9.17) is 4.98 Å². The molecule has 1 N–H and O–H groups in total. The fraction of sp³-hybridized carbons (Fsp3) is 0.812. The molecule has 1 aliphatic rings. The van der Waals surface area contributed by atoms with Crippen molar-refractivity contribution < 1.29 is 0 Å². The average molecular weight is 313 g/mol. The van der Waals surface area contributed by atoms with E-state index in [9.17, 15) is 0 Å². The molecule has 2 rings (SSSR count). The molecule has 0 saturated carbocycles. The van der Waals surface area contributed by atoms with Crippen molar-refractivity contribution in [2.75, 3.05) is 12.3 Å². The molecule has 1 heterocycles. The summed E-state index contributed by atoms with van der Waals surface area (Å²) in [4.78, 5) is 6.44. The average Bonchev–Trinajstić information content (AvgIpc) is 2.70. The lowest BCUT2D eigenvalue weighted by Gasteiger charge is -2.34. The van der Waals surface area contributed by atoms with Gasteiger partial charge in [-0.3, -0.25) is 0 Å². The summed E-state index contributed by atoms with van der Waals surface area (Å²) >= 11 is 3.96. The number of hydrogen-bond acceptors (Lipinski definition) is 4. The Bertz CT molecular complexity index is 438. The molecule has 0 fully saturated rings. The summed E-state index contributed by atoms with van der Waals surface area (Å²) in [5.74, 6) is 3.07. The highest BCUT2D eigenvalue weighted by Gasteiger charge is 2.34. The molecule has 1 aliphatic carbocycles. The standard InChI is InChI=1S/C16H28N2S2/c1-6-17-12-7-16(4,5)8-13-15(12)20-14(18-13)10-19-9-11(2)3/h11-12,17H,6-10H2,1-5H3. The van der Waals surface area contributed by atoms with Gasteiger partial charge in [-0.25, -0.2) is 4.98 Å². The number of fused-ring (bicyclic) bond motifs is 1. The zero-order valence-corrected chi connectivity index (χ0v) is 15.1. The van der Waals surface area contributed by atoms with Crippen molar-refractivity contribution in [1.82, 2.24) is 10.3 Å². The second-order valence-corrected chi connectivity index (χ2v) is 9.13. The Kier molecular flexibility index (Phi) is 5.55. The van der Waals surface area contributed by atoms with Gasteiger partial charge in [-0.2, -0.15) is 11.8 Å². The zero-order valence-electron chi connectivity index (χ0n) is 13.5. The largest absolute Gasteiger partial charge is 0.309 e. The quantitative estimate of drug-likeness (QED) is 0.827. The first-order valence-electron chi connectivity index (χ1n) is 7.71. The summed E-state index contributed by atoms with van der Waals surface area (Å²) in [5.41, 5.74) is 1.73. The molecule has 114 valence electrons. The Morgan fingerprint density at radius 2 is 2.20 bits per heavy atom. The van der Waals surface area contributed by atoms with Gasteiger partial charge in [-0.1, -0.05) is 34.6 Å². The van der Waals surface area contributed by atoms with Crippen molar-refractivity contribution in [2.24, 2.45) is 11.3 Å². The van der Waals surface area contributed by atoms with E-state index in [0.717, 1.165) is 24.6 Å². The van der Waals surface area contributed by atoms with Crippen molar-refractivity contribution in [1.29, 1.82) is 0 Å². The number of hydrogen-bond donors (Lipinski definition) is 1. The highest BCUT2D eigenvalue weighted by atomic mass is 32.2. The first-order chi connectivity index (χ1) is 9.41. The summed E-state index contributed by atoms with van der Waals surface area (Å²) in [5, 5.41) is 4.97. The van der Waals surface area contributed by atoms with Gasteiger partial charge in [0, 0.05) is 16.7 Å².